The lowest BCUT2D eigenvalue weighted by molar-refractivity contribution is -0.384. The Labute approximate surface area is 116 Å². The summed E-state index contributed by atoms with van der Waals surface area (Å²) in [5.74, 6) is -0.207. The number of hydrogen-bond acceptors (Lipinski definition) is 5. The minimum atomic E-state index is -0.977. The van der Waals surface area contributed by atoms with E-state index in [0.29, 0.717) is 18.6 Å². The molecule has 0 radical (unpaired) electrons. The molecule has 1 aliphatic heterocycles. The Morgan fingerprint density at radius 2 is 2.35 bits per heavy atom. The fourth-order valence-corrected chi connectivity index (χ4v) is 2.24. The first-order chi connectivity index (χ1) is 9.42. The number of amides is 1. The number of non-ortho nitro benzene ring substituents is 1. The molecule has 0 aromatic heterocycles. The van der Waals surface area contributed by atoms with Gasteiger partial charge in [-0.3, -0.25) is 14.9 Å². The minimum absolute atomic E-state index is 0.00927. The van der Waals surface area contributed by atoms with Crippen LogP contribution < -0.4 is 5.73 Å². The van der Waals surface area contributed by atoms with E-state index in [1.807, 2.05) is 0 Å². The molecule has 0 spiro atoms. The average molecular weight is 279 g/mol. The van der Waals surface area contributed by atoms with Crippen molar-refractivity contribution in [3.63, 3.8) is 0 Å². The molecule has 1 atom stereocenters. The van der Waals surface area contributed by atoms with Crippen LogP contribution in [-0.4, -0.2) is 41.5 Å². The average Bonchev–Trinajstić information content (AvgIpc) is 2.86. The van der Waals surface area contributed by atoms with Crippen molar-refractivity contribution in [1.82, 2.24) is 4.90 Å². The minimum Gasteiger partial charge on any atom is -0.379 e. The first-order valence-corrected chi connectivity index (χ1v) is 6.28. The number of nitro groups is 1. The number of ether oxygens (including phenoxy) is 1. The van der Waals surface area contributed by atoms with Crippen LogP contribution in [0.2, 0.25) is 0 Å². The topological polar surface area (TPSA) is 98.7 Å². The van der Waals surface area contributed by atoms with Crippen molar-refractivity contribution < 1.29 is 14.5 Å². The van der Waals surface area contributed by atoms with Crippen LogP contribution in [0, 0.1) is 10.1 Å². The second-order valence-corrected chi connectivity index (χ2v) is 5.05. The number of likely N-dealkylation sites (N-methyl/N-ethyl adjacent to an activating group) is 1. The zero-order chi connectivity index (χ0) is 14.8. The molecule has 7 heteroatoms. The molecule has 0 saturated carbocycles. The fourth-order valence-electron chi connectivity index (χ4n) is 2.24. The smallest absolute Gasteiger partial charge is 0.269 e. The van der Waals surface area contributed by atoms with E-state index in [4.69, 9.17) is 10.5 Å². The Hall–Kier alpha value is -1.99. The molecule has 7 nitrogen and oxygen atoms in total. The largest absolute Gasteiger partial charge is 0.379 e. The number of nitrogens with zero attached hydrogens (tertiary/aromatic N) is 2. The lowest BCUT2D eigenvalue weighted by Crippen LogP contribution is -2.54. The monoisotopic (exact) mass is 279 g/mol. The van der Waals surface area contributed by atoms with Crippen LogP contribution in [0.1, 0.15) is 12.0 Å². The molecule has 1 fully saturated rings. The van der Waals surface area contributed by atoms with Gasteiger partial charge in [-0.1, -0.05) is 12.1 Å². The van der Waals surface area contributed by atoms with Crippen molar-refractivity contribution in [1.29, 1.82) is 0 Å². The molecule has 2 N–H and O–H groups in total. The van der Waals surface area contributed by atoms with Gasteiger partial charge in [0.25, 0.3) is 5.69 Å². The molecule has 0 bridgehead atoms. The Morgan fingerprint density at radius 1 is 1.60 bits per heavy atom. The summed E-state index contributed by atoms with van der Waals surface area (Å²) < 4.78 is 5.17. The van der Waals surface area contributed by atoms with Gasteiger partial charge in [-0.15, -0.1) is 0 Å². The van der Waals surface area contributed by atoms with Gasteiger partial charge in [0.15, 0.2) is 0 Å². The first kappa shape index (κ1) is 14.4. The van der Waals surface area contributed by atoms with Crippen molar-refractivity contribution in [2.24, 2.45) is 5.73 Å². The first-order valence-electron chi connectivity index (χ1n) is 6.28. The summed E-state index contributed by atoms with van der Waals surface area (Å²) in [6, 6.07) is 6.21. The van der Waals surface area contributed by atoms with Gasteiger partial charge in [-0.25, -0.2) is 0 Å². The number of carbonyl (C=O) groups is 1. The summed E-state index contributed by atoms with van der Waals surface area (Å²) in [6.07, 6.45) is 0.491. The third kappa shape index (κ3) is 2.94. The van der Waals surface area contributed by atoms with Crippen molar-refractivity contribution >= 4 is 11.6 Å². The van der Waals surface area contributed by atoms with E-state index in [2.05, 4.69) is 0 Å². The second kappa shape index (κ2) is 5.56. The van der Waals surface area contributed by atoms with Crippen molar-refractivity contribution in [2.45, 2.75) is 18.5 Å². The van der Waals surface area contributed by atoms with Crippen LogP contribution in [0.5, 0.6) is 0 Å². The molecule has 1 aliphatic rings. The van der Waals surface area contributed by atoms with Gasteiger partial charge >= 0.3 is 0 Å². The summed E-state index contributed by atoms with van der Waals surface area (Å²) in [7, 11) is 1.63. The molecule has 2 rings (SSSR count). The number of nitro benzene ring substituents is 1. The number of hydrogen-bond donors (Lipinski definition) is 1. The van der Waals surface area contributed by atoms with Gasteiger partial charge in [0.1, 0.15) is 5.54 Å². The molecule has 1 heterocycles. The third-order valence-electron chi connectivity index (χ3n) is 3.37. The lowest BCUT2D eigenvalue weighted by Gasteiger charge is -2.27. The standard InChI is InChI=1S/C13H17N3O4/c1-15(12(17)13(14)5-6-20-9-13)8-10-3-2-4-11(7-10)16(18)19/h2-4,7H,5-6,8-9,14H2,1H3. The Kier molecular flexibility index (Phi) is 4.01. The maximum atomic E-state index is 12.3. The maximum absolute atomic E-state index is 12.3. The fraction of sp³-hybridized carbons (Fsp3) is 0.462. The summed E-state index contributed by atoms with van der Waals surface area (Å²) >= 11 is 0. The quantitative estimate of drug-likeness (QED) is 0.645. The van der Waals surface area contributed by atoms with Gasteiger partial charge in [0, 0.05) is 32.3 Å². The van der Waals surface area contributed by atoms with Crippen LogP contribution in [0.3, 0.4) is 0 Å². The highest BCUT2D eigenvalue weighted by atomic mass is 16.6. The van der Waals surface area contributed by atoms with Gasteiger partial charge in [0.05, 0.1) is 11.5 Å². The third-order valence-corrected chi connectivity index (χ3v) is 3.37. The van der Waals surface area contributed by atoms with E-state index in [1.165, 1.54) is 17.0 Å². The Bertz CT molecular complexity index is 526. The highest BCUT2D eigenvalue weighted by molar-refractivity contribution is 5.86. The molecule has 1 unspecified atom stereocenters. The van der Waals surface area contributed by atoms with Crippen LogP contribution in [-0.2, 0) is 16.1 Å². The van der Waals surface area contributed by atoms with E-state index < -0.39 is 10.5 Å². The molecule has 20 heavy (non-hydrogen) atoms. The normalized spacial score (nSPS) is 21.7. The van der Waals surface area contributed by atoms with Crippen LogP contribution in [0.25, 0.3) is 0 Å². The predicted molar refractivity (Wildman–Crippen MR) is 71.9 cm³/mol. The van der Waals surface area contributed by atoms with E-state index in [-0.39, 0.29) is 24.7 Å². The lowest BCUT2D eigenvalue weighted by atomic mass is 9.98. The molecule has 108 valence electrons. The van der Waals surface area contributed by atoms with E-state index in [0.717, 1.165) is 0 Å². The van der Waals surface area contributed by atoms with E-state index in [9.17, 15) is 14.9 Å². The highest BCUT2D eigenvalue weighted by Gasteiger charge is 2.40. The van der Waals surface area contributed by atoms with Gasteiger partial charge in [-0.05, 0) is 12.0 Å². The number of nitrogens with two attached hydrogens (primary N) is 1. The van der Waals surface area contributed by atoms with Gasteiger partial charge in [-0.2, -0.15) is 0 Å². The van der Waals surface area contributed by atoms with Crippen molar-refractivity contribution in [2.75, 3.05) is 20.3 Å². The second-order valence-electron chi connectivity index (χ2n) is 5.05. The highest BCUT2D eigenvalue weighted by Crippen LogP contribution is 2.20. The van der Waals surface area contributed by atoms with Gasteiger partial charge in [0.2, 0.25) is 5.91 Å². The van der Waals surface area contributed by atoms with E-state index in [1.54, 1.807) is 19.2 Å². The summed E-state index contributed by atoms with van der Waals surface area (Å²) in [5.41, 5.74) is 5.74. The zero-order valence-electron chi connectivity index (χ0n) is 11.2. The van der Waals surface area contributed by atoms with Crippen molar-refractivity contribution in [3.05, 3.63) is 39.9 Å². The maximum Gasteiger partial charge on any atom is 0.269 e. The molecular formula is C13H17N3O4. The molecule has 1 aromatic rings. The van der Waals surface area contributed by atoms with Crippen LogP contribution >= 0.6 is 0 Å². The molecule has 0 aliphatic carbocycles. The molecular weight excluding hydrogens is 262 g/mol. The SMILES string of the molecule is CN(Cc1cccc([N+](=O)[O-])c1)C(=O)C1(N)CCOC1. The molecule has 1 amide bonds. The summed E-state index contributed by atoms with van der Waals surface area (Å²) in [6.45, 7) is 0.970. The number of rotatable bonds is 4. The molecule has 1 aromatic carbocycles. The van der Waals surface area contributed by atoms with E-state index >= 15 is 0 Å². The Balaban J connectivity index is 2.07. The number of benzene rings is 1. The van der Waals surface area contributed by atoms with Gasteiger partial charge < -0.3 is 15.4 Å². The van der Waals surface area contributed by atoms with Crippen LogP contribution in [0.4, 0.5) is 5.69 Å². The van der Waals surface area contributed by atoms with Crippen LogP contribution in [0.15, 0.2) is 24.3 Å². The summed E-state index contributed by atoms with van der Waals surface area (Å²) in [5, 5.41) is 10.7. The van der Waals surface area contributed by atoms with Crippen molar-refractivity contribution in [3.8, 4) is 0 Å². The summed E-state index contributed by atoms with van der Waals surface area (Å²) in [4.78, 5) is 24.0. The Morgan fingerprint density at radius 3 is 2.95 bits per heavy atom. The predicted octanol–water partition coefficient (Wildman–Crippen LogP) is 0.671. The number of carbonyl (C=O) groups excluding carboxylic acids is 1. The molecule has 1 saturated heterocycles. The zero-order valence-corrected chi connectivity index (χ0v) is 11.2.